The average molecular weight is 276 g/mol. The van der Waals surface area contributed by atoms with Crippen LogP contribution in [0, 0.1) is 0 Å². The number of rotatable bonds is 5. The van der Waals surface area contributed by atoms with E-state index in [0.29, 0.717) is 24.2 Å². The van der Waals surface area contributed by atoms with E-state index >= 15 is 0 Å². The van der Waals surface area contributed by atoms with Crippen molar-refractivity contribution in [1.82, 2.24) is 0 Å². The van der Waals surface area contributed by atoms with Gasteiger partial charge in [-0.15, -0.1) is 0 Å². The van der Waals surface area contributed by atoms with Gasteiger partial charge in [0.25, 0.3) is 0 Å². The molecule has 0 amide bonds. The molecule has 0 bridgehead atoms. The van der Waals surface area contributed by atoms with Crippen molar-refractivity contribution in [3.8, 4) is 5.75 Å². The maximum Gasteiger partial charge on any atom is 0.123 e. The van der Waals surface area contributed by atoms with Crippen LogP contribution < -0.4 is 4.74 Å². The van der Waals surface area contributed by atoms with Gasteiger partial charge in [-0.1, -0.05) is 32.0 Å². The molecule has 0 heterocycles. The third-order valence-corrected chi connectivity index (χ3v) is 3.88. The lowest BCUT2D eigenvalue weighted by atomic mass is 9.94. The summed E-state index contributed by atoms with van der Waals surface area (Å²) in [4.78, 5) is 0. The third-order valence-electron chi connectivity index (χ3n) is 3.88. The molecule has 0 aromatic heterocycles. The van der Waals surface area contributed by atoms with Crippen molar-refractivity contribution in [2.45, 2.75) is 77.6 Å². The third kappa shape index (κ3) is 4.24. The van der Waals surface area contributed by atoms with Gasteiger partial charge in [0.1, 0.15) is 11.9 Å². The highest BCUT2D eigenvalue weighted by atomic mass is 16.5. The molecule has 1 aliphatic rings. The second kappa shape index (κ2) is 7.12. The van der Waals surface area contributed by atoms with Crippen LogP contribution in [0.2, 0.25) is 0 Å². The number of benzene rings is 1. The van der Waals surface area contributed by atoms with Crippen LogP contribution in [0.25, 0.3) is 0 Å². The predicted molar refractivity (Wildman–Crippen MR) is 83.4 cm³/mol. The van der Waals surface area contributed by atoms with Gasteiger partial charge in [-0.25, -0.2) is 0 Å². The summed E-state index contributed by atoms with van der Waals surface area (Å²) in [5, 5.41) is 0. The summed E-state index contributed by atoms with van der Waals surface area (Å²) < 4.78 is 12.2. The molecule has 1 aromatic rings. The number of hydrogen-bond acceptors (Lipinski definition) is 2. The Balaban J connectivity index is 1.99. The molecule has 2 rings (SSSR count). The van der Waals surface area contributed by atoms with Crippen LogP contribution in [0.3, 0.4) is 0 Å². The van der Waals surface area contributed by atoms with E-state index in [-0.39, 0.29) is 0 Å². The standard InChI is InChI=1S/C18H28O2/c1-13(2)17-10-5-6-11-18(17)20-16-9-7-8-15(12-16)19-14(3)4/h5-6,10-11,13-16H,7-9,12H2,1-4H3. The van der Waals surface area contributed by atoms with Gasteiger partial charge in [0.2, 0.25) is 0 Å². The highest BCUT2D eigenvalue weighted by Crippen LogP contribution is 2.31. The minimum Gasteiger partial charge on any atom is -0.490 e. The van der Waals surface area contributed by atoms with E-state index < -0.39 is 0 Å². The van der Waals surface area contributed by atoms with Crippen molar-refractivity contribution < 1.29 is 9.47 Å². The van der Waals surface area contributed by atoms with Gasteiger partial charge in [0, 0.05) is 6.42 Å². The quantitative estimate of drug-likeness (QED) is 0.759. The Morgan fingerprint density at radius 1 is 1.00 bits per heavy atom. The predicted octanol–water partition coefficient (Wildman–Crippen LogP) is 4.93. The van der Waals surface area contributed by atoms with E-state index in [1.807, 2.05) is 0 Å². The Kier molecular flexibility index (Phi) is 5.47. The number of hydrogen-bond donors (Lipinski definition) is 0. The molecule has 2 heteroatoms. The van der Waals surface area contributed by atoms with Crippen LogP contribution in [0.1, 0.15) is 64.9 Å². The highest BCUT2D eigenvalue weighted by molar-refractivity contribution is 5.35. The second-order valence-corrected chi connectivity index (χ2v) is 6.41. The molecular formula is C18H28O2. The fourth-order valence-corrected chi connectivity index (χ4v) is 2.96. The number of para-hydroxylation sites is 1. The molecule has 2 nitrogen and oxygen atoms in total. The molecule has 0 radical (unpaired) electrons. The zero-order valence-electron chi connectivity index (χ0n) is 13.3. The Hall–Kier alpha value is -1.02. The van der Waals surface area contributed by atoms with Crippen LogP contribution >= 0.6 is 0 Å². The Morgan fingerprint density at radius 2 is 1.70 bits per heavy atom. The molecule has 0 N–H and O–H groups in total. The van der Waals surface area contributed by atoms with E-state index in [0.717, 1.165) is 18.6 Å². The fourth-order valence-electron chi connectivity index (χ4n) is 2.96. The summed E-state index contributed by atoms with van der Waals surface area (Å²) in [7, 11) is 0. The second-order valence-electron chi connectivity index (χ2n) is 6.41. The highest BCUT2D eigenvalue weighted by Gasteiger charge is 2.25. The minimum atomic E-state index is 0.299. The lowest BCUT2D eigenvalue weighted by Crippen LogP contribution is -2.31. The van der Waals surface area contributed by atoms with Gasteiger partial charge in [0.05, 0.1) is 12.2 Å². The fraction of sp³-hybridized carbons (Fsp3) is 0.667. The van der Waals surface area contributed by atoms with Crippen molar-refractivity contribution in [3.63, 3.8) is 0 Å². The van der Waals surface area contributed by atoms with Crippen LogP contribution in [0.5, 0.6) is 5.75 Å². The first-order valence-corrected chi connectivity index (χ1v) is 7.97. The van der Waals surface area contributed by atoms with Crippen LogP contribution in [0.15, 0.2) is 24.3 Å². The maximum absolute atomic E-state index is 6.28. The molecule has 2 atom stereocenters. The first-order chi connectivity index (χ1) is 9.56. The van der Waals surface area contributed by atoms with Gasteiger partial charge >= 0.3 is 0 Å². The van der Waals surface area contributed by atoms with Crippen molar-refractivity contribution >= 4 is 0 Å². The molecule has 1 saturated carbocycles. The van der Waals surface area contributed by atoms with E-state index in [1.165, 1.54) is 18.4 Å². The lowest BCUT2D eigenvalue weighted by Gasteiger charge is -2.31. The lowest BCUT2D eigenvalue weighted by molar-refractivity contribution is -0.0379. The summed E-state index contributed by atoms with van der Waals surface area (Å²) >= 11 is 0. The Labute approximate surface area is 123 Å². The van der Waals surface area contributed by atoms with E-state index in [4.69, 9.17) is 9.47 Å². The first kappa shape index (κ1) is 15.4. The number of ether oxygens (including phenoxy) is 2. The zero-order valence-corrected chi connectivity index (χ0v) is 13.3. The maximum atomic E-state index is 6.28. The molecule has 1 fully saturated rings. The van der Waals surface area contributed by atoms with Gasteiger partial charge in [-0.2, -0.15) is 0 Å². The van der Waals surface area contributed by atoms with Crippen molar-refractivity contribution in [3.05, 3.63) is 29.8 Å². The molecule has 112 valence electrons. The smallest absolute Gasteiger partial charge is 0.123 e. The molecule has 0 spiro atoms. The summed E-state index contributed by atoms with van der Waals surface area (Å²) in [6.07, 6.45) is 5.50. The summed E-state index contributed by atoms with van der Waals surface area (Å²) in [5.41, 5.74) is 1.31. The largest absolute Gasteiger partial charge is 0.490 e. The Bertz CT molecular complexity index is 412. The van der Waals surface area contributed by atoms with Crippen LogP contribution in [0.4, 0.5) is 0 Å². The molecular weight excluding hydrogens is 248 g/mol. The normalized spacial score (nSPS) is 23.3. The van der Waals surface area contributed by atoms with Crippen molar-refractivity contribution in [1.29, 1.82) is 0 Å². The van der Waals surface area contributed by atoms with E-state index in [9.17, 15) is 0 Å². The summed E-state index contributed by atoms with van der Waals surface area (Å²) in [6.45, 7) is 8.65. The molecule has 1 aliphatic carbocycles. The van der Waals surface area contributed by atoms with Gasteiger partial charge < -0.3 is 9.47 Å². The molecule has 0 saturated heterocycles. The molecule has 1 aromatic carbocycles. The van der Waals surface area contributed by atoms with Crippen molar-refractivity contribution in [2.75, 3.05) is 0 Å². The first-order valence-electron chi connectivity index (χ1n) is 7.97. The van der Waals surface area contributed by atoms with Gasteiger partial charge in [0.15, 0.2) is 0 Å². The van der Waals surface area contributed by atoms with E-state index in [1.54, 1.807) is 0 Å². The summed E-state index contributed by atoms with van der Waals surface area (Å²) in [5.74, 6) is 1.55. The summed E-state index contributed by atoms with van der Waals surface area (Å²) in [6, 6.07) is 8.42. The van der Waals surface area contributed by atoms with Gasteiger partial charge in [-0.05, 0) is 50.7 Å². The minimum absolute atomic E-state index is 0.299. The SMILES string of the molecule is CC(C)OC1CCCC(Oc2ccccc2C(C)C)C1. The van der Waals surface area contributed by atoms with E-state index in [2.05, 4.69) is 52.0 Å². The molecule has 0 aliphatic heterocycles. The molecule has 20 heavy (non-hydrogen) atoms. The zero-order chi connectivity index (χ0) is 14.5. The topological polar surface area (TPSA) is 18.5 Å². The van der Waals surface area contributed by atoms with Crippen molar-refractivity contribution in [2.24, 2.45) is 0 Å². The monoisotopic (exact) mass is 276 g/mol. The van der Waals surface area contributed by atoms with Gasteiger partial charge in [-0.3, -0.25) is 0 Å². The van der Waals surface area contributed by atoms with Crippen LogP contribution in [-0.4, -0.2) is 18.3 Å². The Morgan fingerprint density at radius 3 is 2.40 bits per heavy atom. The molecule has 2 unspecified atom stereocenters. The van der Waals surface area contributed by atoms with Crippen LogP contribution in [-0.2, 0) is 4.74 Å². The average Bonchev–Trinajstić information content (AvgIpc) is 2.38.